The minimum Gasteiger partial charge on any atom is -0.481 e. The van der Waals surface area contributed by atoms with Crippen molar-refractivity contribution in [3.63, 3.8) is 0 Å². The quantitative estimate of drug-likeness (QED) is 0.619. The maximum absolute atomic E-state index is 12.5. The van der Waals surface area contributed by atoms with Gasteiger partial charge in [-0.3, -0.25) is 4.79 Å². The van der Waals surface area contributed by atoms with Crippen molar-refractivity contribution < 1.29 is 19.4 Å². The molecular formula is C23H21NO4. The standard InChI is InChI=1S/C23H21NO4/c1-2-21(22(25)24-19-10-6-9-18(15-19)23(26)27)28-20-13-11-17(12-14-20)16-7-4-3-5-8-16/h3-15,21H,2H2,1H3,(H,24,25)(H,26,27). The first-order valence-electron chi connectivity index (χ1n) is 9.03. The smallest absolute Gasteiger partial charge is 0.335 e. The van der Waals surface area contributed by atoms with E-state index in [1.807, 2.05) is 61.5 Å². The Labute approximate surface area is 163 Å². The van der Waals surface area contributed by atoms with Gasteiger partial charge in [0.2, 0.25) is 0 Å². The third-order valence-electron chi connectivity index (χ3n) is 4.28. The second kappa shape index (κ2) is 8.86. The maximum Gasteiger partial charge on any atom is 0.335 e. The summed E-state index contributed by atoms with van der Waals surface area (Å²) in [5, 5.41) is 11.8. The van der Waals surface area contributed by atoms with Gasteiger partial charge in [-0.25, -0.2) is 4.79 Å². The number of carbonyl (C=O) groups excluding carboxylic acids is 1. The van der Waals surface area contributed by atoms with E-state index in [1.54, 1.807) is 12.1 Å². The molecule has 0 heterocycles. The summed E-state index contributed by atoms with van der Waals surface area (Å²) in [6, 6.07) is 23.7. The SMILES string of the molecule is CCC(Oc1ccc(-c2ccccc2)cc1)C(=O)Nc1cccc(C(=O)O)c1. The van der Waals surface area contributed by atoms with Crippen molar-refractivity contribution in [2.24, 2.45) is 0 Å². The number of nitrogens with one attached hydrogen (secondary N) is 1. The lowest BCUT2D eigenvalue weighted by Gasteiger charge is -2.17. The minimum atomic E-state index is -1.04. The molecule has 28 heavy (non-hydrogen) atoms. The Hall–Kier alpha value is -3.60. The first-order chi connectivity index (χ1) is 13.6. The molecule has 2 N–H and O–H groups in total. The number of hydrogen-bond donors (Lipinski definition) is 2. The molecule has 1 amide bonds. The van der Waals surface area contributed by atoms with Gasteiger partial charge in [0.05, 0.1) is 5.56 Å². The third kappa shape index (κ3) is 4.76. The minimum absolute atomic E-state index is 0.114. The van der Waals surface area contributed by atoms with Crippen LogP contribution in [0.3, 0.4) is 0 Å². The Kier molecular flexibility index (Phi) is 6.07. The van der Waals surface area contributed by atoms with E-state index in [1.165, 1.54) is 12.1 Å². The van der Waals surface area contributed by atoms with Crippen LogP contribution in [0.25, 0.3) is 11.1 Å². The second-order valence-electron chi connectivity index (χ2n) is 6.28. The number of carbonyl (C=O) groups is 2. The van der Waals surface area contributed by atoms with Crippen LogP contribution < -0.4 is 10.1 Å². The molecule has 5 heteroatoms. The van der Waals surface area contributed by atoms with Gasteiger partial charge in [0, 0.05) is 5.69 Å². The Balaban J connectivity index is 1.67. The van der Waals surface area contributed by atoms with E-state index in [2.05, 4.69) is 5.32 Å². The van der Waals surface area contributed by atoms with Crippen LogP contribution in [0.2, 0.25) is 0 Å². The van der Waals surface area contributed by atoms with E-state index in [0.29, 0.717) is 17.9 Å². The fraction of sp³-hybridized carbons (Fsp3) is 0.130. The molecule has 0 bridgehead atoms. The van der Waals surface area contributed by atoms with Gasteiger partial charge in [-0.2, -0.15) is 0 Å². The molecule has 3 aromatic carbocycles. The molecule has 0 saturated heterocycles. The summed E-state index contributed by atoms with van der Waals surface area (Å²) in [7, 11) is 0. The monoisotopic (exact) mass is 375 g/mol. The lowest BCUT2D eigenvalue weighted by atomic mass is 10.1. The third-order valence-corrected chi connectivity index (χ3v) is 4.28. The highest BCUT2D eigenvalue weighted by atomic mass is 16.5. The zero-order chi connectivity index (χ0) is 19.9. The zero-order valence-electron chi connectivity index (χ0n) is 15.5. The number of amides is 1. The highest BCUT2D eigenvalue weighted by Crippen LogP contribution is 2.23. The summed E-state index contributed by atoms with van der Waals surface area (Å²) < 4.78 is 5.84. The fourth-order valence-electron chi connectivity index (χ4n) is 2.80. The van der Waals surface area contributed by atoms with Crippen LogP contribution in [0.15, 0.2) is 78.9 Å². The topological polar surface area (TPSA) is 75.6 Å². The summed E-state index contributed by atoms with van der Waals surface area (Å²) in [6.45, 7) is 1.86. The van der Waals surface area contributed by atoms with Crippen LogP contribution in [0.4, 0.5) is 5.69 Å². The van der Waals surface area contributed by atoms with E-state index in [9.17, 15) is 9.59 Å². The van der Waals surface area contributed by atoms with E-state index in [-0.39, 0.29) is 11.5 Å². The molecule has 142 valence electrons. The number of hydrogen-bond acceptors (Lipinski definition) is 3. The molecule has 0 aromatic heterocycles. The van der Waals surface area contributed by atoms with Crippen LogP contribution in [-0.2, 0) is 4.79 Å². The van der Waals surface area contributed by atoms with Gasteiger partial charge in [0.25, 0.3) is 5.91 Å². The van der Waals surface area contributed by atoms with E-state index >= 15 is 0 Å². The average molecular weight is 375 g/mol. The Morgan fingerprint density at radius 3 is 2.25 bits per heavy atom. The summed E-state index contributed by atoms with van der Waals surface area (Å²) in [5.74, 6) is -0.768. The number of carboxylic acid groups (broad SMARTS) is 1. The van der Waals surface area contributed by atoms with Gasteiger partial charge in [0.1, 0.15) is 5.75 Å². The lowest BCUT2D eigenvalue weighted by molar-refractivity contribution is -0.122. The van der Waals surface area contributed by atoms with E-state index in [0.717, 1.165) is 11.1 Å². The van der Waals surface area contributed by atoms with Crippen molar-refractivity contribution in [2.75, 3.05) is 5.32 Å². The van der Waals surface area contributed by atoms with Crippen LogP contribution in [0, 0.1) is 0 Å². The molecular weight excluding hydrogens is 354 g/mol. The van der Waals surface area contributed by atoms with Gasteiger partial charge >= 0.3 is 5.97 Å². The Bertz CT molecular complexity index is 952. The molecule has 0 aliphatic rings. The summed E-state index contributed by atoms with van der Waals surface area (Å²) in [4.78, 5) is 23.6. The fourth-order valence-corrected chi connectivity index (χ4v) is 2.80. The molecule has 3 aromatic rings. The first-order valence-corrected chi connectivity index (χ1v) is 9.03. The molecule has 0 spiro atoms. The molecule has 1 atom stereocenters. The summed E-state index contributed by atoms with van der Waals surface area (Å²) in [6.07, 6.45) is -0.207. The van der Waals surface area contributed by atoms with Crippen molar-refractivity contribution in [3.8, 4) is 16.9 Å². The van der Waals surface area contributed by atoms with Crippen LogP contribution in [0.1, 0.15) is 23.7 Å². The lowest BCUT2D eigenvalue weighted by Crippen LogP contribution is -2.32. The molecule has 0 fully saturated rings. The van der Waals surface area contributed by atoms with Gasteiger partial charge in [-0.15, -0.1) is 0 Å². The van der Waals surface area contributed by atoms with Crippen molar-refractivity contribution in [3.05, 3.63) is 84.4 Å². The second-order valence-corrected chi connectivity index (χ2v) is 6.28. The molecule has 3 rings (SSSR count). The number of benzene rings is 3. The highest BCUT2D eigenvalue weighted by molar-refractivity contribution is 5.96. The molecule has 1 unspecified atom stereocenters. The molecule has 0 aliphatic carbocycles. The Morgan fingerprint density at radius 1 is 0.929 bits per heavy atom. The number of ether oxygens (including phenoxy) is 1. The van der Waals surface area contributed by atoms with Crippen molar-refractivity contribution >= 4 is 17.6 Å². The van der Waals surface area contributed by atoms with Crippen LogP contribution in [0.5, 0.6) is 5.75 Å². The molecule has 0 aliphatic heterocycles. The van der Waals surface area contributed by atoms with Gasteiger partial charge in [-0.1, -0.05) is 55.5 Å². The van der Waals surface area contributed by atoms with Crippen LogP contribution in [-0.4, -0.2) is 23.1 Å². The van der Waals surface area contributed by atoms with Crippen LogP contribution >= 0.6 is 0 Å². The van der Waals surface area contributed by atoms with E-state index in [4.69, 9.17) is 9.84 Å². The molecule has 5 nitrogen and oxygen atoms in total. The van der Waals surface area contributed by atoms with Crippen molar-refractivity contribution in [1.82, 2.24) is 0 Å². The van der Waals surface area contributed by atoms with Crippen molar-refractivity contribution in [2.45, 2.75) is 19.4 Å². The summed E-state index contributed by atoms with van der Waals surface area (Å²) in [5.41, 5.74) is 2.71. The highest BCUT2D eigenvalue weighted by Gasteiger charge is 2.19. The molecule has 0 radical (unpaired) electrons. The van der Waals surface area contributed by atoms with Crippen molar-refractivity contribution in [1.29, 1.82) is 0 Å². The predicted octanol–water partition coefficient (Wildman–Crippen LogP) is 4.85. The van der Waals surface area contributed by atoms with Gasteiger partial charge < -0.3 is 15.2 Å². The number of aromatic carboxylic acids is 1. The van der Waals surface area contributed by atoms with Gasteiger partial charge in [0.15, 0.2) is 6.10 Å². The molecule has 0 saturated carbocycles. The summed E-state index contributed by atoms with van der Waals surface area (Å²) >= 11 is 0. The average Bonchev–Trinajstić information content (AvgIpc) is 2.73. The number of carboxylic acids is 1. The van der Waals surface area contributed by atoms with Gasteiger partial charge in [-0.05, 0) is 47.9 Å². The van der Waals surface area contributed by atoms with E-state index < -0.39 is 12.1 Å². The largest absolute Gasteiger partial charge is 0.481 e. The maximum atomic E-state index is 12.5. The zero-order valence-corrected chi connectivity index (χ0v) is 15.5. The Morgan fingerprint density at radius 2 is 1.61 bits per heavy atom. The normalized spacial score (nSPS) is 11.5. The number of rotatable bonds is 7. The number of anilines is 1. The predicted molar refractivity (Wildman–Crippen MR) is 109 cm³/mol. The first kappa shape index (κ1) is 19.2.